The van der Waals surface area contributed by atoms with Crippen LogP contribution in [0.5, 0.6) is 5.75 Å². The maximum Gasteiger partial charge on any atom is 0.247 e. The van der Waals surface area contributed by atoms with E-state index in [1.165, 1.54) is 17.8 Å². The molecule has 0 bridgehead atoms. The molecule has 32 heavy (non-hydrogen) atoms. The zero-order valence-electron chi connectivity index (χ0n) is 17.9. The Bertz CT molecular complexity index is 1060. The fourth-order valence-corrected chi connectivity index (χ4v) is 3.13. The second-order valence-corrected chi connectivity index (χ2v) is 7.35. The number of rotatable bonds is 11. The quantitative estimate of drug-likeness (QED) is 0.217. The van der Waals surface area contributed by atoms with Crippen LogP contribution in [-0.2, 0) is 9.53 Å². The Morgan fingerprint density at radius 3 is 2.59 bits per heavy atom. The van der Waals surface area contributed by atoms with Gasteiger partial charge in [-0.2, -0.15) is 4.98 Å². The largest absolute Gasteiger partial charge is 0.491 e. The van der Waals surface area contributed by atoms with Gasteiger partial charge in [-0.05, 0) is 54.8 Å². The summed E-state index contributed by atoms with van der Waals surface area (Å²) < 4.78 is 10.6. The number of nitrogens with zero attached hydrogens (tertiary/aromatic N) is 2. The summed E-state index contributed by atoms with van der Waals surface area (Å²) in [7, 11) is 1.64. The van der Waals surface area contributed by atoms with Gasteiger partial charge in [0.2, 0.25) is 11.9 Å². The number of amides is 1. The van der Waals surface area contributed by atoms with Crippen LogP contribution in [0, 0.1) is 0 Å². The molecule has 0 aliphatic carbocycles. The zero-order valence-corrected chi connectivity index (χ0v) is 18.7. The molecule has 0 aliphatic rings. The number of hydrogen-bond donors (Lipinski definition) is 3. The van der Waals surface area contributed by atoms with E-state index in [0.29, 0.717) is 30.7 Å². The predicted octanol–water partition coefficient (Wildman–Crippen LogP) is 4.84. The fraction of sp³-hybridized carbons (Fsp3) is 0.174. The van der Waals surface area contributed by atoms with Crippen molar-refractivity contribution < 1.29 is 14.3 Å². The third-order valence-electron chi connectivity index (χ3n) is 4.22. The van der Waals surface area contributed by atoms with E-state index in [0.717, 1.165) is 22.0 Å². The van der Waals surface area contributed by atoms with Crippen molar-refractivity contribution in [1.82, 2.24) is 9.97 Å². The molecular formula is C23H25N5O3S. The van der Waals surface area contributed by atoms with Crippen molar-refractivity contribution in [3.8, 4) is 5.75 Å². The average Bonchev–Trinajstić information content (AvgIpc) is 2.81. The van der Waals surface area contributed by atoms with Gasteiger partial charge in [-0.3, -0.25) is 4.79 Å². The van der Waals surface area contributed by atoms with Gasteiger partial charge in [-0.25, -0.2) is 4.98 Å². The molecule has 2 aromatic carbocycles. The lowest BCUT2D eigenvalue weighted by Crippen LogP contribution is -2.07. The first-order valence-electron chi connectivity index (χ1n) is 9.81. The minimum atomic E-state index is -0.268. The van der Waals surface area contributed by atoms with Crippen LogP contribution in [0.3, 0.4) is 0 Å². The first-order valence-corrected chi connectivity index (χ1v) is 11.0. The van der Waals surface area contributed by atoms with Crippen LogP contribution < -0.4 is 20.7 Å². The molecule has 0 aliphatic heterocycles. The van der Waals surface area contributed by atoms with Crippen molar-refractivity contribution in [2.45, 2.75) is 4.90 Å². The molecule has 8 nitrogen and oxygen atoms in total. The summed E-state index contributed by atoms with van der Waals surface area (Å²) >= 11 is 1.53. The SMILES string of the molecule is C=CC(=O)Nc1cccc(Nc2nc(Nc3ccc(OCCOC)cc3)ncc2SC)c1. The van der Waals surface area contributed by atoms with Gasteiger partial charge in [0, 0.05) is 30.4 Å². The molecule has 0 saturated heterocycles. The first-order chi connectivity index (χ1) is 15.6. The number of aromatic nitrogens is 2. The Labute approximate surface area is 191 Å². The predicted molar refractivity (Wildman–Crippen MR) is 129 cm³/mol. The third-order valence-corrected chi connectivity index (χ3v) is 4.96. The number of thioether (sulfide) groups is 1. The van der Waals surface area contributed by atoms with Gasteiger partial charge >= 0.3 is 0 Å². The Morgan fingerprint density at radius 1 is 1.09 bits per heavy atom. The van der Waals surface area contributed by atoms with Gasteiger partial charge < -0.3 is 25.4 Å². The van der Waals surface area contributed by atoms with E-state index in [9.17, 15) is 4.79 Å². The Kier molecular flexibility index (Phi) is 8.47. The highest BCUT2D eigenvalue weighted by molar-refractivity contribution is 7.98. The molecule has 3 N–H and O–H groups in total. The topological polar surface area (TPSA) is 97.4 Å². The number of carbonyl (C=O) groups excluding carboxylic acids is 1. The molecule has 3 rings (SSSR count). The lowest BCUT2D eigenvalue weighted by atomic mass is 10.2. The van der Waals surface area contributed by atoms with Crippen molar-refractivity contribution in [2.75, 3.05) is 42.5 Å². The second kappa shape index (κ2) is 11.7. The van der Waals surface area contributed by atoms with Crippen LogP contribution >= 0.6 is 11.8 Å². The van der Waals surface area contributed by atoms with Crippen molar-refractivity contribution in [2.24, 2.45) is 0 Å². The lowest BCUT2D eigenvalue weighted by molar-refractivity contribution is -0.111. The molecule has 1 aromatic heterocycles. The fourth-order valence-electron chi connectivity index (χ4n) is 2.68. The minimum Gasteiger partial charge on any atom is -0.491 e. The van der Waals surface area contributed by atoms with E-state index >= 15 is 0 Å². The molecule has 9 heteroatoms. The van der Waals surface area contributed by atoms with Crippen LogP contribution in [0.25, 0.3) is 0 Å². The molecule has 3 aromatic rings. The van der Waals surface area contributed by atoms with Gasteiger partial charge in [0.25, 0.3) is 0 Å². The van der Waals surface area contributed by atoms with E-state index < -0.39 is 0 Å². The summed E-state index contributed by atoms with van der Waals surface area (Å²) in [6.07, 6.45) is 4.94. The summed E-state index contributed by atoms with van der Waals surface area (Å²) in [4.78, 5) is 21.5. The monoisotopic (exact) mass is 451 g/mol. The molecule has 1 amide bonds. The van der Waals surface area contributed by atoms with E-state index in [1.54, 1.807) is 19.4 Å². The molecule has 1 heterocycles. The minimum absolute atomic E-state index is 0.268. The van der Waals surface area contributed by atoms with Gasteiger partial charge in [0.15, 0.2) is 0 Å². The molecule has 0 atom stereocenters. The number of hydrogen-bond acceptors (Lipinski definition) is 8. The number of ether oxygens (including phenoxy) is 2. The van der Waals surface area contributed by atoms with E-state index in [4.69, 9.17) is 9.47 Å². The highest BCUT2D eigenvalue weighted by Crippen LogP contribution is 2.28. The zero-order chi connectivity index (χ0) is 22.8. The Morgan fingerprint density at radius 2 is 1.88 bits per heavy atom. The Balaban J connectivity index is 1.72. The molecule has 0 spiro atoms. The molecule has 0 fully saturated rings. The molecule has 0 unspecified atom stereocenters. The number of methoxy groups -OCH3 is 1. The summed E-state index contributed by atoms with van der Waals surface area (Å²) in [5.41, 5.74) is 2.27. The summed E-state index contributed by atoms with van der Waals surface area (Å²) in [6, 6.07) is 14.9. The van der Waals surface area contributed by atoms with Crippen LogP contribution in [0.2, 0.25) is 0 Å². The summed E-state index contributed by atoms with van der Waals surface area (Å²) in [6.45, 7) is 4.50. The lowest BCUT2D eigenvalue weighted by Gasteiger charge is -2.13. The highest BCUT2D eigenvalue weighted by atomic mass is 32.2. The van der Waals surface area contributed by atoms with E-state index in [2.05, 4.69) is 32.5 Å². The average molecular weight is 452 g/mol. The Hall–Kier alpha value is -3.56. The number of benzene rings is 2. The standard InChI is InChI=1S/C23H25N5O3S/c1-4-21(29)25-17-6-5-7-18(14-17)26-22-20(32-3)15-24-23(28-22)27-16-8-10-19(11-9-16)31-13-12-30-2/h4-11,14-15H,1,12-13H2,2-3H3,(H,25,29)(H2,24,26,27,28). The molecule has 166 valence electrons. The molecule has 0 saturated carbocycles. The third kappa shape index (κ3) is 6.73. The van der Waals surface area contributed by atoms with Crippen molar-refractivity contribution in [3.63, 3.8) is 0 Å². The summed E-state index contributed by atoms with van der Waals surface area (Å²) in [5, 5.41) is 9.25. The molecule has 0 radical (unpaired) electrons. The first kappa shape index (κ1) is 23.1. The van der Waals surface area contributed by atoms with Crippen LogP contribution in [0.15, 0.2) is 72.3 Å². The van der Waals surface area contributed by atoms with Gasteiger partial charge in [0.1, 0.15) is 18.2 Å². The second-order valence-electron chi connectivity index (χ2n) is 6.50. The van der Waals surface area contributed by atoms with Crippen LogP contribution in [-0.4, -0.2) is 42.5 Å². The maximum atomic E-state index is 11.6. The van der Waals surface area contributed by atoms with Gasteiger partial charge in [0.05, 0.1) is 11.5 Å². The molecular weight excluding hydrogens is 426 g/mol. The maximum absolute atomic E-state index is 11.6. The summed E-state index contributed by atoms with van der Waals surface area (Å²) in [5.74, 6) is 1.60. The number of nitrogens with one attached hydrogen (secondary N) is 3. The van der Waals surface area contributed by atoms with Crippen molar-refractivity contribution in [1.29, 1.82) is 0 Å². The van der Waals surface area contributed by atoms with Crippen molar-refractivity contribution in [3.05, 3.63) is 67.4 Å². The van der Waals surface area contributed by atoms with Crippen LogP contribution in [0.1, 0.15) is 0 Å². The van der Waals surface area contributed by atoms with Gasteiger partial charge in [-0.15, -0.1) is 11.8 Å². The smallest absolute Gasteiger partial charge is 0.247 e. The van der Waals surface area contributed by atoms with Crippen LogP contribution in [0.4, 0.5) is 28.8 Å². The normalized spacial score (nSPS) is 10.3. The van der Waals surface area contributed by atoms with Gasteiger partial charge in [-0.1, -0.05) is 12.6 Å². The van der Waals surface area contributed by atoms with E-state index in [1.807, 2.05) is 48.7 Å². The highest BCUT2D eigenvalue weighted by Gasteiger charge is 2.09. The number of carbonyl (C=O) groups is 1. The van der Waals surface area contributed by atoms with Crippen molar-refractivity contribution >= 4 is 46.5 Å². The van der Waals surface area contributed by atoms with E-state index in [-0.39, 0.29) is 5.91 Å². The number of anilines is 5.